The molecule has 0 saturated carbocycles. The van der Waals surface area contributed by atoms with Crippen LogP contribution in [-0.4, -0.2) is 56.8 Å². The highest BCUT2D eigenvalue weighted by Crippen LogP contribution is 2.27. The predicted molar refractivity (Wildman–Crippen MR) is 119 cm³/mol. The van der Waals surface area contributed by atoms with Gasteiger partial charge in [-0.25, -0.2) is 0 Å². The maximum absolute atomic E-state index is 13.3. The molecule has 0 bridgehead atoms. The van der Waals surface area contributed by atoms with Crippen molar-refractivity contribution in [1.82, 2.24) is 14.8 Å². The molecule has 0 aliphatic carbocycles. The molecule has 2 aromatic rings. The Kier molecular flexibility index (Phi) is 7.71. The number of carbonyl (C=O) groups excluding carboxylic acids is 2. The topological polar surface area (TPSA) is 93.7 Å². The van der Waals surface area contributed by atoms with Gasteiger partial charge < -0.3 is 19.9 Å². The van der Waals surface area contributed by atoms with Crippen molar-refractivity contribution in [3.05, 3.63) is 56.7 Å². The fraction of sp³-hybridized carbons (Fsp3) is 0.381. The van der Waals surface area contributed by atoms with Crippen molar-refractivity contribution in [1.29, 1.82) is 0 Å². The van der Waals surface area contributed by atoms with Crippen LogP contribution in [0.2, 0.25) is 0 Å². The third-order valence-electron chi connectivity index (χ3n) is 5.22. The SMILES string of the molecule is O=C(O)CCC(=O)N1CCC(N(Cc2ccccc2)C(=O)c2cc(Br)c(Br)[nH]2)CC1. The lowest BCUT2D eigenvalue weighted by atomic mass is 10.0. The molecule has 30 heavy (non-hydrogen) atoms. The van der Waals surface area contributed by atoms with Crippen LogP contribution in [0.1, 0.15) is 41.7 Å². The van der Waals surface area contributed by atoms with Gasteiger partial charge in [-0.2, -0.15) is 0 Å². The minimum atomic E-state index is -0.971. The van der Waals surface area contributed by atoms with Crippen LogP contribution in [0.4, 0.5) is 0 Å². The monoisotopic (exact) mass is 539 g/mol. The first kappa shape index (κ1) is 22.6. The Labute approximate surface area is 191 Å². The van der Waals surface area contributed by atoms with Gasteiger partial charge in [-0.3, -0.25) is 14.4 Å². The molecule has 7 nitrogen and oxygen atoms in total. The lowest BCUT2D eigenvalue weighted by Crippen LogP contribution is -2.48. The number of hydrogen-bond donors (Lipinski definition) is 2. The van der Waals surface area contributed by atoms with E-state index in [0.717, 1.165) is 10.0 Å². The maximum atomic E-state index is 13.3. The van der Waals surface area contributed by atoms with Crippen molar-refractivity contribution in [3.63, 3.8) is 0 Å². The van der Waals surface area contributed by atoms with Crippen LogP contribution in [-0.2, 0) is 16.1 Å². The quantitative estimate of drug-likeness (QED) is 0.554. The van der Waals surface area contributed by atoms with Gasteiger partial charge >= 0.3 is 5.97 Å². The van der Waals surface area contributed by atoms with Crippen molar-refractivity contribution in [2.45, 2.75) is 38.3 Å². The number of likely N-dealkylation sites (tertiary alicyclic amines) is 1. The molecule has 0 atom stereocenters. The molecule has 1 saturated heterocycles. The van der Waals surface area contributed by atoms with E-state index in [9.17, 15) is 14.4 Å². The summed E-state index contributed by atoms with van der Waals surface area (Å²) in [6.07, 6.45) is 1.16. The highest BCUT2D eigenvalue weighted by molar-refractivity contribution is 9.13. The van der Waals surface area contributed by atoms with E-state index in [1.807, 2.05) is 35.2 Å². The molecule has 3 rings (SSSR count). The number of carboxylic acids is 1. The van der Waals surface area contributed by atoms with Crippen molar-refractivity contribution in [2.24, 2.45) is 0 Å². The van der Waals surface area contributed by atoms with Gasteiger partial charge in [0.2, 0.25) is 5.91 Å². The van der Waals surface area contributed by atoms with E-state index in [2.05, 4.69) is 36.8 Å². The number of rotatable bonds is 7. The fourth-order valence-electron chi connectivity index (χ4n) is 3.62. The zero-order chi connectivity index (χ0) is 21.7. The molecule has 1 aromatic heterocycles. The summed E-state index contributed by atoms with van der Waals surface area (Å²) < 4.78 is 1.49. The van der Waals surface area contributed by atoms with Crippen molar-refractivity contribution in [2.75, 3.05) is 13.1 Å². The maximum Gasteiger partial charge on any atom is 0.303 e. The van der Waals surface area contributed by atoms with Crippen LogP contribution in [0.15, 0.2) is 45.5 Å². The standard InChI is InChI=1S/C21H23Br2N3O4/c22-16-12-17(24-20(16)23)21(30)26(13-14-4-2-1-3-5-14)15-8-10-25(11-9-15)18(27)6-7-19(28)29/h1-5,12,15,24H,6-11,13H2,(H,28,29). The van der Waals surface area contributed by atoms with Crippen molar-refractivity contribution in [3.8, 4) is 0 Å². The Bertz CT molecular complexity index is 889. The average Bonchev–Trinajstić information content (AvgIpc) is 3.09. The summed E-state index contributed by atoms with van der Waals surface area (Å²) in [5, 5.41) is 8.78. The number of piperidine rings is 1. The van der Waals surface area contributed by atoms with Crippen LogP contribution in [0.3, 0.4) is 0 Å². The molecule has 1 aliphatic rings. The number of aromatic nitrogens is 1. The minimum absolute atomic E-state index is 0.0111. The van der Waals surface area contributed by atoms with Crippen molar-refractivity contribution >= 4 is 49.6 Å². The van der Waals surface area contributed by atoms with E-state index in [1.165, 1.54) is 0 Å². The average molecular weight is 541 g/mol. The van der Waals surface area contributed by atoms with E-state index in [-0.39, 0.29) is 30.7 Å². The number of hydrogen-bond acceptors (Lipinski definition) is 3. The summed E-state index contributed by atoms with van der Waals surface area (Å²) >= 11 is 6.80. The number of halogens is 2. The van der Waals surface area contributed by atoms with E-state index in [0.29, 0.717) is 42.8 Å². The second kappa shape index (κ2) is 10.3. The smallest absolute Gasteiger partial charge is 0.303 e. The second-order valence-electron chi connectivity index (χ2n) is 7.27. The van der Waals surface area contributed by atoms with E-state index >= 15 is 0 Å². The minimum Gasteiger partial charge on any atom is -0.481 e. The Morgan fingerprint density at radius 2 is 1.77 bits per heavy atom. The molecular formula is C21H23Br2N3O4. The number of nitrogens with one attached hydrogen (secondary N) is 1. The molecule has 1 aromatic carbocycles. The summed E-state index contributed by atoms with van der Waals surface area (Å²) in [6.45, 7) is 1.51. The molecule has 1 fully saturated rings. The summed E-state index contributed by atoms with van der Waals surface area (Å²) in [6, 6.07) is 11.6. The van der Waals surface area contributed by atoms with Gasteiger partial charge in [0.15, 0.2) is 0 Å². The summed E-state index contributed by atoms with van der Waals surface area (Å²) in [5.41, 5.74) is 1.53. The Morgan fingerprint density at radius 3 is 2.33 bits per heavy atom. The zero-order valence-electron chi connectivity index (χ0n) is 16.3. The molecule has 1 aliphatic heterocycles. The Hall–Kier alpha value is -2.13. The van der Waals surface area contributed by atoms with Gasteiger partial charge in [-0.1, -0.05) is 30.3 Å². The first-order valence-electron chi connectivity index (χ1n) is 9.73. The Morgan fingerprint density at radius 1 is 1.10 bits per heavy atom. The van der Waals surface area contributed by atoms with E-state index in [1.54, 1.807) is 11.0 Å². The summed E-state index contributed by atoms with van der Waals surface area (Å²) in [5.74, 6) is -1.21. The van der Waals surface area contributed by atoms with E-state index in [4.69, 9.17) is 5.11 Å². The highest BCUT2D eigenvalue weighted by atomic mass is 79.9. The van der Waals surface area contributed by atoms with Crippen LogP contribution >= 0.6 is 31.9 Å². The molecular weight excluding hydrogens is 518 g/mol. The molecule has 9 heteroatoms. The van der Waals surface area contributed by atoms with Gasteiger partial charge in [0.1, 0.15) is 5.69 Å². The fourth-order valence-corrected chi connectivity index (χ4v) is 4.28. The van der Waals surface area contributed by atoms with Crippen LogP contribution in [0, 0.1) is 0 Å². The lowest BCUT2D eigenvalue weighted by Gasteiger charge is -2.38. The Balaban J connectivity index is 1.72. The zero-order valence-corrected chi connectivity index (χ0v) is 19.5. The van der Waals surface area contributed by atoms with Gasteiger partial charge in [0, 0.05) is 32.1 Å². The first-order valence-corrected chi connectivity index (χ1v) is 11.3. The lowest BCUT2D eigenvalue weighted by molar-refractivity contribution is -0.141. The number of aliphatic carboxylic acids is 1. The van der Waals surface area contributed by atoms with Gasteiger partial charge in [0.05, 0.1) is 15.5 Å². The number of H-pyrrole nitrogens is 1. The number of carbonyl (C=O) groups is 3. The first-order chi connectivity index (χ1) is 14.3. The number of amides is 2. The van der Waals surface area contributed by atoms with Gasteiger partial charge in [0.25, 0.3) is 5.91 Å². The van der Waals surface area contributed by atoms with E-state index < -0.39 is 5.97 Å². The van der Waals surface area contributed by atoms with Crippen molar-refractivity contribution < 1.29 is 19.5 Å². The molecule has 0 spiro atoms. The number of nitrogens with zero attached hydrogens (tertiary/aromatic N) is 2. The third-order valence-corrected chi connectivity index (χ3v) is 7.01. The molecule has 160 valence electrons. The van der Waals surface area contributed by atoms with Crippen LogP contribution in [0.25, 0.3) is 0 Å². The van der Waals surface area contributed by atoms with Crippen LogP contribution < -0.4 is 0 Å². The normalized spacial score (nSPS) is 14.5. The largest absolute Gasteiger partial charge is 0.481 e. The summed E-state index contributed by atoms with van der Waals surface area (Å²) in [4.78, 5) is 42.9. The number of benzene rings is 1. The molecule has 2 heterocycles. The molecule has 2 N–H and O–H groups in total. The second-order valence-corrected chi connectivity index (χ2v) is 8.92. The third kappa shape index (κ3) is 5.72. The predicted octanol–water partition coefficient (Wildman–Crippen LogP) is 4.04. The number of carboxylic acid groups (broad SMARTS) is 1. The molecule has 0 unspecified atom stereocenters. The summed E-state index contributed by atoms with van der Waals surface area (Å²) in [7, 11) is 0. The molecule has 0 radical (unpaired) electrons. The molecule has 2 amide bonds. The van der Waals surface area contributed by atoms with Crippen LogP contribution in [0.5, 0.6) is 0 Å². The number of aromatic amines is 1. The van der Waals surface area contributed by atoms with Gasteiger partial charge in [-0.05, 0) is 56.3 Å². The van der Waals surface area contributed by atoms with Gasteiger partial charge in [-0.15, -0.1) is 0 Å². The highest BCUT2D eigenvalue weighted by Gasteiger charge is 2.31.